The summed E-state index contributed by atoms with van der Waals surface area (Å²) in [5.74, 6) is -0.175. The van der Waals surface area contributed by atoms with Gasteiger partial charge in [-0.1, -0.05) is 6.07 Å². The summed E-state index contributed by atoms with van der Waals surface area (Å²) in [5.41, 5.74) is 2.41. The summed E-state index contributed by atoms with van der Waals surface area (Å²) in [4.78, 5) is 11.9. The number of nitrogens with one attached hydrogen (secondary N) is 1. The van der Waals surface area contributed by atoms with Crippen LogP contribution in [0.5, 0.6) is 5.75 Å². The Labute approximate surface area is 110 Å². The van der Waals surface area contributed by atoms with Crippen molar-refractivity contribution in [2.75, 3.05) is 5.32 Å². The molecule has 0 aliphatic carbocycles. The van der Waals surface area contributed by atoms with Gasteiger partial charge >= 0.3 is 0 Å². The number of benzene rings is 2. The standard InChI is InChI=1S/C15H12N2O2/c1-10-2-5-13(8-12(10)9-16)17-15(19)11-3-6-14(18)7-4-11/h2-8,18H,1H3,(H,17,19). The summed E-state index contributed by atoms with van der Waals surface area (Å²) in [6.07, 6.45) is 0. The largest absolute Gasteiger partial charge is 0.508 e. The number of phenolic OH excluding ortho intramolecular Hbond substituents is 1. The second-order valence-electron chi connectivity index (χ2n) is 4.14. The average Bonchev–Trinajstić information content (AvgIpc) is 2.41. The lowest BCUT2D eigenvalue weighted by Gasteiger charge is -2.06. The third-order valence-electron chi connectivity index (χ3n) is 2.75. The molecule has 2 aromatic rings. The molecular formula is C15H12N2O2. The maximum atomic E-state index is 11.9. The zero-order valence-electron chi connectivity index (χ0n) is 10.3. The van der Waals surface area contributed by atoms with E-state index in [-0.39, 0.29) is 11.7 Å². The van der Waals surface area contributed by atoms with E-state index in [1.54, 1.807) is 18.2 Å². The first-order chi connectivity index (χ1) is 9.10. The van der Waals surface area contributed by atoms with Gasteiger partial charge in [-0.15, -0.1) is 0 Å². The number of carbonyl (C=O) groups excluding carboxylic acids is 1. The van der Waals surface area contributed by atoms with Crippen molar-refractivity contribution >= 4 is 11.6 Å². The highest BCUT2D eigenvalue weighted by molar-refractivity contribution is 6.04. The molecule has 0 aliphatic rings. The van der Waals surface area contributed by atoms with Crippen LogP contribution in [0.1, 0.15) is 21.5 Å². The molecule has 0 radical (unpaired) electrons. The SMILES string of the molecule is Cc1ccc(NC(=O)c2ccc(O)cc2)cc1C#N. The molecule has 4 heteroatoms. The lowest BCUT2D eigenvalue weighted by molar-refractivity contribution is 0.102. The molecule has 0 aromatic heterocycles. The van der Waals surface area contributed by atoms with Gasteiger partial charge in [-0.05, 0) is 48.9 Å². The molecule has 0 atom stereocenters. The van der Waals surface area contributed by atoms with Gasteiger partial charge in [0.15, 0.2) is 0 Å². The van der Waals surface area contributed by atoms with Gasteiger partial charge in [0.1, 0.15) is 5.75 Å². The Morgan fingerprint density at radius 1 is 1.21 bits per heavy atom. The van der Waals surface area contributed by atoms with Gasteiger partial charge in [-0.25, -0.2) is 0 Å². The minimum atomic E-state index is -0.284. The second-order valence-corrected chi connectivity index (χ2v) is 4.14. The smallest absolute Gasteiger partial charge is 0.255 e. The summed E-state index contributed by atoms with van der Waals surface area (Å²) in [5, 5.41) is 20.8. The van der Waals surface area contributed by atoms with Crippen LogP contribution in [-0.2, 0) is 0 Å². The molecule has 0 bridgehead atoms. The summed E-state index contributed by atoms with van der Waals surface area (Å²) in [6.45, 7) is 1.84. The van der Waals surface area contributed by atoms with Gasteiger partial charge in [-0.3, -0.25) is 4.79 Å². The van der Waals surface area contributed by atoms with Gasteiger partial charge in [0.25, 0.3) is 5.91 Å². The minimum absolute atomic E-state index is 0.110. The molecule has 2 N–H and O–H groups in total. The highest BCUT2D eigenvalue weighted by Crippen LogP contribution is 2.16. The second kappa shape index (κ2) is 5.23. The van der Waals surface area contributed by atoms with Crippen LogP contribution in [0.4, 0.5) is 5.69 Å². The van der Waals surface area contributed by atoms with Gasteiger partial charge in [-0.2, -0.15) is 5.26 Å². The van der Waals surface area contributed by atoms with Gasteiger partial charge in [0.05, 0.1) is 11.6 Å². The maximum Gasteiger partial charge on any atom is 0.255 e. The molecule has 0 saturated carbocycles. The fourth-order valence-electron chi connectivity index (χ4n) is 1.64. The Kier molecular flexibility index (Phi) is 3.48. The lowest BCUT2D eigenvalue weighted by atomic mass is 10.1. The predicted molar refractivity (Wildman–Crippen MR) is 72.0 cm³/mol. The average molecular weight is 252 g/mol. The third-order valence-corrected chi connectivity index (χ3v) is 2.75. The first kappa shape index (κ1) is 12.7. The summed E-state index contributed by atoms with van der Waals surface area (Å²) < 4.78 is 0. The molecule has 94 valence electrons. The van der Waals surface area contributed by atoms with E-state index >= 15 is 0 Å². The number of phenols is 1. The fraction of sp³-hybridized carbons (Fsp3) is 0.0667. The number of anilines is 1. The van der Waals surface area contributed by atoms with E-state index in [2.05, 4.69) is 11.4 Å². The molecule has 2 rings (SSSR count). The number of carbonyl (C=O) groups is 1. The summed E-state index contributed by atoms with van der Waals surface area (Å²) in [7, 11) is 0. The molecule has 0 saturated heterocycles. The van der Waals surface area contributed by atoms with Crippen molar-refractivity contribution in [2.45, 2.75) is 6.92 Å². The zero-order valence-corrected chi connectivity index (χ0v) is 10.3. The number of hydrogen-bond acceptors (Lipinski definition) is 3. The predicted octanol–water partition coefficient (Wildman–Crippen LogP) is 2.82. The number of rotatable bonds is 2. The van der Waals surface area contributed by atoms with Crippen LogP contribution >= 0.6 is 0 Å². The van der Waals surface area contributed by atoms with Crippen molar-refractivity contribution in [3.05, 3.63) is 59.2 Å². The first-order valence-electron chi connectivity index (χ1n) is 5.71. The Morgan fingerprint density at radius 3 is 2.53 bits per heavy atom. The Balaban J connectivity index is 2.20. The van der Waals surface area contributed by atoms with E-state index in [9.17, 15) is 4.79 Å². The van der Waals surface area contributed by atoms with Crippen molar-refractivity contribution < 1.29 is 9.90 Å². The normalized spacial score (nSPS) is 9.68. The number of nitrogens with zero attached hydrogens (tertiary/aromatic N) is 1. The third kappa shape index (κ3) is 2.90. The molecule has 0 aliphatic heterocycles. The van der Waals surface area contributed by atoms with Crippen LogP contribution in [0.2, 0.25) is 0 Å². The molecule has 4 nitrogen and oxygen atoms in total. The van der Waals surface area contributed by atoms with E-state index in [0.717, 1.165) is 5.56 Å². The van der Waals surface area contributed by atoms with Crippen molar-refractivity contribution in [3.8, 4) is 11.8 Å². The molecule has 19 heavy (non-hydrogen) atoms. The number of amides is 1. The lowest BCUT2D eigenvalue weighted by Crippen LogP contribution is -2.11. The topological polar surface area (TPSA) is 73.1 Å². The van der Waals surface area contributed by atoms with Crippen LogP contribution < -0.4 is 5.32 Å². The first-order valence-corrected chi connectivity index (χ1v) is 5.71. The van der Waals surface area contributed by atoms with Gasteiger partial charge in [0.2, 0.25) is 0 Å². The van der Waals surface area contributed by atoms with Crippen LogP contribution in [0.3, 0.4) is 0 Å². The number of hydrogen-bond donors (Lipinski definition) is 2. The zero-order chi connectivity index (χ0) is 13.8. The van der Waals surface area contributed by atoms with Crippen LogP contribution in [0.25, 0.3) is 0 Å². The Morgan fingerprint density at radius 2 is 1.89 bits per heavy atom. The molecule has 0 spiro atoms. The van der Waals surface area contributed by atoms with Gasteiger partial charge in [0, 0.05) is 11.3 Å². The molecule has 0 heterocycles. The Hall–Kier alpha value is -2.80. The number of aryl methyl sites for hydroxylation is 1. The summed E-state index contributed by atoms with van der Waals surface area (Å²) in [6, 6.07) is 13.2. The van der Waals surface area contributed by atoms with E-state index in [1.807, 2.05) is 6.92 Å². The van der Waals surface area contributed by atoms with Crippen LogP contribution in [0, 0.1) is 18.3 Å². The van der Waals surface area contributed by atoms with Crippen LogP contribution in [0.15, 0.2) is 42.5 Å². The van der Waals surface area contributed by atoms with E-state index in [4.69, 9.17) is 10.4 Å². The Bertz CT molecular complexity index is 655. The minimum Gasteiger partial charge on any atom is -0.508 e. The van der Waals surface area contributed by atoms with E-state index in [0.29, 0.717) is 16.8 Å². The van der Waals surface area contributed by atoms with Gasteiger partial charge < -0.3 is 10.4 Å². The molecule has 0 fully saturated rings. The van der Waals surface area contributed by atoms with Crippen molar-refractivity contribution in [3.63, 3.8) is 0 Å². The van der Waals surface area contributed by atoms with Crippen molar-refractivity contribution in [1.82, 2.24) is 0 Å². The highest BCUT2D eigenvalue weighted by atomic mass is 16.3. The van der Waals surface area contributed by atoms with Crippen LogP contribution in [-0.4, -0.2) is 11.0 Å². The van der Waals surface area contributed by atoms with Crippen molar-refractivity contribution in [2.24, 2.45) is 0 Å². The monoisotopic (exact) mass is 252 g/mol. The molecule has 0 unspecified atom stereocenters. The number of nitriles is 1. The van der Waals surface area contributed by atoms with E-state index < -0.39 is 0 Å². The van der Waals surface area contributed by atoms with E-state index in [1.165, 1.54) is 24.3 Å². The highest BCUT2D eigenvalue weighted by Gasteiger charge is 2.07. The quantitative estimate of drug-likeness (QED) is 0.863. The molecule has 1 amide bonds. The molecular weight excluding hydrogens is 240 g/mol. The summed E-state index contributed by atoms with van der Waals surface area (Å²) >= 11 is 0. The number of aromatic hydroxyl groups is 1. The fourth-order valence-corrected chi connectivity index (χ4v) is 1.64. The van der Waals surface area contributed by atoms with Crippen molar-refractivity contribution in [1.29, 1.82) is 5.26 Å². The molecule has 2 aromatic carbocycles. The maximum absolute atomic E-state index is 11.9.